The number of pyridine rings is 1. The highest BCUT2D eigenvalue weighted by atomic mass is 35.5. The Morgan fingerprint density at radius 2 is 2.05 bits per heavy atom. The number of halogens is 3. The molecule has 0 amide bonds. The van der Waals surface area contributed by atoms with Crippen LogP contribution >= 0.6 is 34.8 Å². The van der Waals surface area contributed by atoms with E-state index in [0.29, 0.717) is 27.2 Å². The first-order valence-electron chi connectivity index (χ1n) is 6.12. The van der Waals surface area contributed by atoms with Crippen LogP contribution in [0.1, 0.15) is 22.8 Å². The number of fused-ring (bicyclic) bond motifs is 1. The monoisotopic (exact) mass is 347 g/mol. The highest BCUT2D eigenvalue weighted by molar-refractivity contribution is 6.35. The number of rotatable bonds is 4. The van der Waals surface area contributed by atoms with Gasteiger partial charge in [0, 0.05) is 11.3 Å². The van der Waals surface area contributed by atoms with Crippen LogP contribution < -0.4 is 4.74 Å². The minimum Gasteiger partial charge on any atom is -0.495 e. The summed E-state index contributed by atoms with van der Waals surface area (Å²) in [6.07, 6.45) is 0. The Morgan fingerprint density at radius 3 is 2.62 bits per heavy atom. The Bertz CT molecular complexity index is 704. The third-order valence-corrected chi connectivity index (χ3v) is 3.77. The molecule has 1 heterocycles. The Balaban J connectivity index is 2.79. The second-order valence-corrected chi connectivity index (χ2v) is 5.15. The van der Waals surface area contributed by atoms with E-state index in [1.165, 1.54) is 7.11 Å². The molecule has 0 aliphatic heterocycles. The van der Waals surface area contributed by atoms with Crippen molar-refractivity contribution in [3.8, 4) is 5.75 Å². The van der Waals surface area contributed by atoms with Gasteiger partial charge in [0.25, 0.3) is 0 Å². The lowest BCUT2D eigenvalue weighted by Gasteiger charge is -2.13. The molecule has 2 aromatic rings. The number of carbonyl (C=O) groups is 1. The molecular formula is C14H12Cl3NO3. The lowest BCUT2D eigenvalue weighted by Crippen LogP contribution is -2.10. The van der Waals surface area contributed by atoms with Crippen LogP contribution in [-0.4, -0.2) is 24.7 Å². The number of nitrogens with zero attached hydrogens (tertiary/aromatic N) is 1. The van der Waals surface area contributed by atoms with Crippen LogP contribution in [0.3, 0.4) is 0 Å². The number of ether oxygens (including phenoxy) is 2. The second kappa shape index (κ2) is 6.69. The van der Waals surface area contributed by atoms with Crippen molar-refractivity contribution in [2.45, 2.75) is 12.8 Å². The average Bonchev–Trinajstić information content (AvgIpc) is 2.45. The zero-order valence-electron chi connectivity index (χ0n) is 11.4. The van der Waals surface area contributed by atoms with Crippen LogP contribution in [0.5, 0.6) is 5.75 Å². The van der Waals surface area contributed by atoms with Gasteiger partial charge in [-0.2, -0.15) is 0 Å². The molecular weight excluding hydrogens is 337 g/mol. The summed E-state index contributed by atoms with van der Waals surface area (Å²) in [5.41, 5.74) is 1.25. The van der Waals surface area contributed by atoms with Crippen LogP contribution in [-0.2, 0) is 10.6 Å². The van der Waals surface area contributed by atoms with Crippen LogP contribution in [0, 0.1) is 0 Å². The van der Waals surface area contributed by atoms with Crippen molar-refractivity contribution in [3.63, 3.8) is 0 Å². The van der Waals surface area contributed by atoms with Gasteiger partial charge in [-0.05, 0) is 24.6 Å². The van der Waals surface area contributed by atoms with E-state index in [2.05, 4.69) is 4.98 Å². The molecule has 0 N–H and O–H groups in total. The average molecular weight is 349 g/mol. The number of carbonyl (C=O) groups excluding carboxylic acids is 1. The van der Waals surface area contributed by atoms with Crippen LogP contribution in [0.15, 0.2) is 12.1 Å². The minimum atomic E-state index is -0.554. The van der Waals surface area contributed by atoms with Crippen molar-refractivity contribution in [1.82, 2.24) is 4.98 Å². The van der Waals surface area contributed by atoms with Crippen LogP contribution in [0.25, 0.3) is 10.9 Å². The predicted molar refractivity (Wildman–Crippen MR) is 83.8 cm³/mol. The van der Waals surface area contributed by atoms with Crippen molar-refractivity contribution < 1.29 is 14.3 Å². The van der Waals surface area contributed by atoms with Crippen LogP contribution in [0.4, 0.5) is 0 Å². The fraction of sp³-hybridized carbons (Fsp3) is 0.286. The molecule has 0 aliphatic rings. The molecule has 0 atom stereocenters. The summed E-state index contributed by atoms with van der Waals surface area (Å²) in [5.74, 6) is -0.00607. The van der Waals surface area contributed by atoms with Gasteiger partial charge < -0.3 is 9.47 Å². The van der Waals surface area contributed by atoms with Gasteiger partial charge in [0.2, 0.25) is 0 Å². The molecule has 0 aliphatic carbocycles. The van der Waals surface area contributed by atoms with Gasteiger partial charge in [-0.15, -0.1) is 11.6 Å². The number of hydrogen-bond acceptors (Lipinski definition) is 4. The van der Waals surface area contributed by atoms with Gasteiger partial charge in [0.15, 0.2) is 0 Å². The first-order valence-corrected chi connectivity index (χ1v) is 7.41. The smallest absolute Gasteiger partial charge is 0.341 e. The topological polar surface area (TPSA) is 48.4 Å². The highest BCUT2D eigenvalue weighted by Gasteiger charge is 2.21. The number of hydrogen-bond donors (Lipinski definition) is 0. The predicted octanol–water partition coefficient (Wildman–Crippen LogP) is 4.47. The maximum absolute atomic E-state index is 12.0. The largest absolute Gasteiger partial charge is 0.495 e. The summed E-state index contributed by atoms with van der Waals surface area (Å²) < 4.78 is 10.2. The van der Waals surface area contributed by atoms with Gasteiger partial charge in [-0.1, -0.05) is 23.2 Å². The molecule has 112 valence electrons. The van der Waals surface area contributed by atoms with E-state index < -0.39 is 5.97 Å². The molecule has 2 rings (SSSR count). The highest BCUT2D eigenvalue weighted by Crippen LogP contribution is 2.35. The zero-order valence-corrected chi connectivity index (χ0v) is 13.6. The summed E-state index contributed by atoms with van der Waals surface area (Å²) in [6, 6.07) is 3.30. The molecule has 0 radical (unpaired) electrons. The quantitative estimate of drug-likeness (QED) is 0.465. The normalized spacial score (nSPS) is 10.7. The van der Waals surface area contributed by atoms with Gasteiger partial charge in [0.05, 0.1) is 24.3 Å². The number of aromatic nitrogens is 1. The van der Waals surface area contributed by atoms with Gasteiger partial charge in [-0.3, -0.25) is 0 Å². The number of alkyl halides is 1. The number of methoxy groups -OCH3 is 1. The molecule has 0 unspecified atom stereocenters. The Labute approximate surface area is 136 Å². The van der Waals surface area contributed by atoms with Crippen molar-refractivity contribution >= 4 is 51.7 Å². The van der Waals surface area contributed by atoms with E-state index in [9.17, 15) is 4.79 Å². The molecule has 4 nitrogen and oxygen atoms in total. The van der Waals surface area contributed by atoms with Crippen molar-refractivity contribution in [3.05, 3.63) is 33.4 Å². The van der Waals surface area contributed by atoms with Gasteiger partial charge in [0.1, 0.15) is 16.5 Å². The first kappa shape index (κ1) is 16.1. The molecule has 1 aromatic heterocycles. The SMILES string of the molecule is CCOC(=O)c1c(Cl)nc2cc(Cl)c(OC)cc2c1CCl. The fourth-order valence-electron chi connectivity index (χ4n) is 2.00. The van der Waals surface area contributed by atoms with E-state index >= 15 is 0 Å². The summed E-state index contributed by atoms with van der Waals surface area (Å²) in [6.45, 7) is 1.95. The Kier molecular flexibility index (Phi) is 5.14. The second-order valence-electron chi connectivity index (χ2n) is 4.11. The Morgan fingerprint density at radius 1 is 1.33 bits per heavy atom. The minimum absolute atomic E-state index is 0.0397. The number of esters is 1. The fourth-order valence-corrected chi connectivity index (χ4v) is 2.80. The number of benzene rings is 1. The third kappa shape index (κ3) is 3.03. The van der Waals surface area contributed by atoms with Gasteiger partial charge >= 0.3 is 5.97 Å². The molecule has 1 aromatic carbocycles. The third-order valence-electron chi connectivity index (χ3n) is 2.94. The van der Waals surface area contributed by atoms with E-state index in [0.717, 1.165) is 0 Å². The molecule has 0 saturated carbocycles. The summed E-state index contributed by atoms with van der Waals surface area (Å²) in [7, 11) is 1.50. The lowest BCUT2D eigenvalue weighted by atomic mass is 10.0. The zero-order chi connectivity index (χ0) is 15.6. The maximum atomic E-state index is 12.0. The van der Waals surface area contributed by atoms with Crippen molar-refractivity contribution in [2.24, 2.45) is 0 Å². The standard InChI is InChI=1S/C14H12Cl3NO3/c1-3-21-14(19)12-8(6-15)7-4-11(20-2)9(16)5-10(7)18-13(12)17/h4-5H,3,6H2,1-2H3. The van der Waals surface area contributed by atoms with Crippen LogP contribution in [0.2, 0.25) is 10.2 Å². The molecule has 0 bridgehead atoms. The molecule has 7 heteroatoms. The first-order chi connectivity index (χ1) is 10.0. The van der Waals surface area contributed by atoms with E-state index in [-0.39, 0.29) is 23.2 Å². The van der Waals surface area contributed by atoms with Gasteiger partial charge in [-0.25, -0.2) is 9.78 Å². The summed E-state index contributed by atoms with van der Waals surface area (Å²) in [4.78, 5) is 16.2. The van der Waals surface area contributed by atoms with Crippen molar-refractivity contribution in [1.29, 1.82) is 0 Å². The van der Waals surface area contributed by atoms with E-state index in [4.69, 9.17) is 44.3 Å². The Hall–Kier alpha value is -1.23. The summed E-state index contributed by atoms with van der Waals surface area (Å²) in [5, 5.41) is 1.09. The van der Waals surface area contributed by atoms with Crippen molar-refractivity contribution in [2.75, 3.05) is 13.7 Å². The van der Waals surface area contributed by atoms with E-state index in [1.807, 2.05) is 0 Å². The lowest BCUT2D eigenvalue weighted by molar-refractivity contribution is 0.0525. The molecule has 0 spiro atoms. The molecule has 21 heavy (non-hydrogen) atoms. The summed E-state index contributed by atoms with van der Waals surface area (Å²) >= 11 is 18.2. The maximum Gasteiger partial charge on any atom is 0.341 e. The van der Waals surface area contributed by atoms with E-state index in [1.54, 1.807) is 19.1 Å². The molecule has 0 fully saturated rings. The molecule has 0 saturated heterocycles.